The van der Waals surface area contributed by atoms with Crippen molar-refractivity contribution in [2.45, 2.75) is 25.8 Å². The number of imidazole rings is 2. The van der Waals surface area contributed by atoms with Crippen molar-refractivity contribution in [2.75, 3.05) is 13.2 Å². The molecule has 1 atom stereocenters. The summed E-state index contributed by atoms with van der Waals surface area (Å²) < 4.78 is 9.32. The molecule has 1 unspecified atom stereocenters. The Kier molecular flexibility index (Phi) is 4.46. The molecular weight excluding hydrogens is 330 g/mol. The van der Waals surface area contributed by atoms with Crippen molar-refractivity contribution in [3.63, 3.8) is 0 Å². The van der Waals surface area contributed by atoms with Crippen LogP contribution in [0.3, 0.4) is 0 Å². The van der Waals surface area contributed by atoms with Crippen LogP contribution in [0.4, 0.5) is 0 Å². The van der Waals surface area contributed by atoms with Gasteiger partial charge in [0.1, 0.15) is 17.2 Å². The van der Waals surface area contributed by atoms with Crippen molar-refractivity contribution in [3.05, 3.63) is 54.0 Å². The molecule has 1 saturated heterocycles. The Balaban J connectivity index is 1.61. The summed E-state index contributed by atoms with van der Waals surface area (Å²) in [6.07, 6.45) is 9.17. The van der Waals surface area contributed by atoms with Crippen molar-refractivity contribution in [1.82, 2.24) is 24.3 Å². The van der Waals surface area contributed by atoms with Gasteiger partial charge in [0, 0.05) is 45.0 Å². The molecule has 0 saturated carbocycles. The lowest BCUT2D eigenvalue weighted by atomic mass is 9.91. The summed E-state index contributed by atoms with van der Waals surface area (Å²) in [5, 5.41) is 3.17. The molecule has 0 radical (unpaired) electrons. The second-order valence-electron chi connectivity index (χ2n) is 6.89. The van der Waals surface area contributed by atoms with Gasteiger partial charge in [0.25, 0.3) is 5.91 Å². The average Bonchev–Trinajstić information content (AvgIpc) is 3.26. The Morgan fingerprint density at radius 3 is 2.88 bits per heavy atom. The molecule has 26 heavy (non-hydrogen) atoms. The van der Waals surface area contributed by atoms with Gasteiger partial charge in [-0.25, -0.2) is 9.97 Å². The number of carbonyl (C=O) groups is 1. The van der Waals surface area contributed by atoms with Gasteiger partial charge in [-0.15, -0.1) is 0 Å². The first-order chi connectivity index (χ1) is 12.6. The molecule has 4 heterocycles. The molecule has 1 amide bonds. The highest BCUT2D eigenvalue weighted by Crippen LogP contribution is 2.29. The van der Waals surface area contributed by atoms with Gasteiger partial charge >= 0.3 is 0 Å². The number of amides is 1. The Morgan fingerprint density at radius 1 is 1.35 bits per heavy atom. The zero-order chi connectivity index (χ0) is 18.1. The van der Waals surface area contributed by atoms with Crippen LogP contribution < -0.4 is 5.32 Å². The molecule has 0 aliphatic carbocycles. The Labute approximate surface area is 152 Å². The van der Waals surface area contributed by atoms with Crippen molar-refractivity contribution in [3.8, 4) is 0 Å². The molecular formula is C19H23N5O2. The van der Waals surface area contributed by atoms with Crippen LogP contribution in [-0.4, -0.2) is 38.1 Å². The zero-order valence-electron chi connectivity index (χ0n) is 15.1. The molecule has 1 fully saturated rings. The van der Waals surface area contributed by atoms with Crippen LogP contribution >= 0.6 is 0 Å². The summed E-state index contributed by atoms with van der Waals surface area (Å²) in [7, 11) is 1.95. The first-order valence-corrected chi connectivity index (χ1v) is 8.93. The van der Waals surface area contributed by atoms with E-state index in [9.17, 15) is 4.79 Å². The highest BCUT2D eigenvalue weighted by molar-refractivity contribution is 5.93. The number of nitrogens with one attached hydrogen (secondary N) is 1. The maximum absolute atomic E-state index is 12.9. The van der Waals surface area contributed by atoms with Gasteiger partial charge in [0.2, 0.25) is 0 Å². The summed E-state index contributed by atoms with van der Waals surface area (Å²) in [5.41, 5.74) is 2.31. The lowest BCUT2D eigenvalue weighted by Gasteiger charge is -2.30. The summed E-state index contributed by atoms with van der Waals surface area (Å²) in [6, 6.07) is 3.80. The van der Waals surface area contributed by atoms with E-state index in [0.717, 1.165) is 43.1 Å². The molecule has 1 aliphatic rings. The fourth-order valence-electron chi connectivity index (χ4n) is 3.53. The van der Waals surface area contributed by atoms with E-state index in [0.29, 0.717) is 11.6 Å². The number of hydrogen-bond donors (Lipinski definition) is 1. The summed E-state index contributed by atoms with van der Waals surface area (Å²) in [4.78, 5) is 21.9. The number of fused-ring (bicyclic) bond motifs is 1. The molecule has 0 bridgehead atoms. The SMILES string of the molecule is Cc1ccn2cc(C(=O)NC(c3nccn3C)C3CCOCC3)nc2c1. The van der Waals surface area contributed by atoms with E-state index < -0.39 is 0 Å². The summed E-state index contributed by atoms with van der Waals surface area (Å²) in [5.74, 6) is 0.990. The number of aryl methyl sites for hydroxylation is 2. The molecule has 0 aromatic carbocycles. The van der Waals surface area contributed by atoms with Crippen molar-refractivity contribution >= 4 is 11.6 Å². The highest BCUT2D eigenvalue weighted by Gasteiger charge is 2.30. The lowest BCUT2D eigenvalue weighted by Crippen LogP contribution is -2.37. The number of rotatable bonds is 4. The van der Waals surface area contributed by atoms with Crippen molar-refractivity contribution in [1.29, 1.82) is 0 Å². The second kappa shape index (κ2) is 6.92. The monoisotopic (exact) mass is 353 g/mol. The van der Waals surface area contributed by atoms with E-state index in [1.165, 1.54) is 0 Å². The minimum Gasteiger partial charge on any atom is -0.381 e. The largest absolute Gasteiger partial charge is 0.381 e. The Hall–Kier alpha value is -2.67. The summed E-state index contributed by atoms with van der Waals surface area (Å²) >= 11 is 0. The smallest absolute Gasteiger partial charge is 0.272 e. The highest BCUT2D eigenvalue weighted by atomic mass is 16.5. The fraction of sp³-hybridized carbons (Fsp3) is 0.421. The van der Waals surface area contributed by atoms with E-state index in [4.69, 9.17) is 4.74 Å². The van der Waals surface area contributed by atoms with Crippen LogP contribution in [0.25, 0.3) is 5.65 Å². The summed E-state index contributed by atoms with van der Waals surface area (Å²) in [6.45, 7) is 3.45. The third-order valence-corrected chi connectivity index (χ3v) is 5.01. The third-order valence-electron chi connectivity index (χ3n) is 5.01. The molecule has 0 spiro atoms. The molecule has 1 N–H and O–H groups in total. The second-order valence-corrected chi connectivity index (χ2v) is 6.89. The van der Waals surface area contributed by atoms with E-state index in [-0.39, 0.29) is 11.9 Å². The van der Waals surface area contributed by atoms with Gasteiger partial charge < -0.3 is 19.0 Å². The predicted molar refractivity (Wildman–Crippen MR) is 96.9 cm³/mol. The van der Waals surface area contributed by atoms with Crippen LogP contribution in [-0.2, 0) is 11.8 Å². The van der Waals surface area contributed by atoms with E-state index in [1.54, 1.807) is 12.4 Å². The van der Waals surface area contributed by atoms with Gasteiger partial charge in [0.15, 0.2) is 0 Å². The van der Waals surface area contributed by atoms with Gasteiger partial charge in [-0.2, -0.15) is 0 Å². The van der Waals surface area contributed by atoms with Crippen LogP contribution in [0.5, 0.6) is 0 Å². The zero-order valence-corrected chi connectivity index (χ0v) is 15.1. The average molecular weight is 353 g/mol. The van der Waals surface area contributed by atoms with Crippen molar-refractivity contribution in [2.24, 2.45) is 13.0 Å². The normalized spacial score (nSPS) is 16.7. The molecule has 7 nitrogen and oxygen atoms in total. The predicted octanol–water partition coefficient (Wildman–Crippen LogP) is 2.27. The van der Waals surface area contributed by atoms with Gasteiger partial charge in [-0.1, -0.05) is 0 Å². The number of nitrogens with zero attached hydrogens (tertiary/aromatic N) is 4. The standard InChI is InChI=1S/C19H23N5O2/c1-13-3-7-24-12-15(21-16(24)11-13)19(25)22-17(14-4-9-26-10-5-14)18-20-6-8-23(18)2/h3,6-8,11-12,14,17H,4-5,9-10H2,1-2H3,(H,22,25). The van der Waals surface area contributed by atoms with Crippen LogP contribution in [0.2, 0.25) is 0 Å². The van der Waals surface area contributed by atoms with E-state index in [1.807, 2.05) is 47.5 Å². The molecule has 7 heteroatoms. The molecule has 3 aromatic heterocycles. The molecule has 4 rings (SSSR count). The molecule has 1 aliphatic heterocycles. The van der Waals surface area contributed by atoms with Crippen molar-refractivity contribution < 1.29 is 9.53 Å². The number of hydrogen-bond acceptors (Lipinski definition) is 4. The van der Waals surface area contributed by atoms with Crippen LogP contribution in [0, 0.1) is 12.8 Å². The lowest BCUT2D eigenvalue weighted by molar-refractivity contribution is 0.0498. The maximum atomic E-state index is 12.9. The maximum Gasteiger partial charge on any atom is 0.272 e. The van der Waals surface area contributed by atoms with Crippen LogP contribution in [0.15, 0.2) is 36.9 Å². The number of carbonyl (C=O) groups excluding carboxylic acids is 1. The number of aromatic nitrogens is 4. The molecule has 3 aromatic rings. The number of pyridine rings is 1. The topological polar surface area (TPSA) is 73.5 Å². The van der Waals surface area contributed by atoms with E-state index >= 15 is 0 Å². The first kappa shape index (κ1) is 16.8. The minimum absolute atomic E-state index is 0.155. The van der Waals surface area contributed by atoms with Crippen LogP contribution in [0.1, 0.15) is 40.8 Å². The Bertz CT molecular complexity index is 923. The van der Waals surface area contributed by atoms with Gasteiger partial charge in [0.05, 0.1) is 6.04 Å². The fourth-order valence-corrected chi connectivity index (χ4v) is 3.53. The van der Waals surface area contributed by atoms with E-state index in [2.05, 4.69) is 15.3 Å². The Morgan fingerprint density at radius 2 is 2.15 bits per heavy atom. The van der Waals surface area contributed by atoms with Gasteiger partial charge in [-0.3, -0.25) is 4.79 Å². The quantitative estimate of drug-likeness (QED) is 0.781. The molecule has 136 valence electrons. The third kappa shape index (κ3) is 3.22. The minimum atomic E-state index is -0.175. The first-order valence-electron chi connectivity index (χ1n) is 8.93. The number of ether oxygens (including phenoxy) is 1. The van der Waals surface area contributed by atoms with Gasteiger partial charge in [-0.05, 0) is 43.4 Å².